The van der Waals surface area contributed by atoms with E-state index in [0.29, 0.717) is 10.6 Å². The number of carbonyl (C=O) groups is 1. The van der Waals surface area contributed by atoms with Crippen LogP contribution in [0.3, 0.4) is 0 Å². The number of nitro benzene ring substituents is 1. The molecule has 6 nitrogen and oxygen atoms in total. The van der Waals surface area contributed by atoms with Crippen LogP contribution in [0.1, 0.15) is 5.56 Å². The molecule has 0 fully saturated rings. The van der Waals surface area contributed by atoms with E-state index < -0.39 is 4.92 Å². The number of rotatable bonds is 3. The van der Waals surface area contributed by atoms with Crippen LogP contribution in [-0.2, 0) is 0 Å². The lowest BCUT2D eigenvalue weighted by atomic mass is 10.2. The zero-order valence-corrected chi connectivity index (χ0v) is 11.9. The lowest BCUT2D eigenvalue weighted by molar-refractivity contribution is -0.384. The Morgan fingerprint density at radius 3 is 2.52 bits per heavy atom. The summed E-state index contributed by atoms with van der Waals surface area (Å²) in [7, 11) is 0. The van der Waals surface area contributed by atoms with Crippen molar-refractivity contribution in [1.82, 2.24) is 0 Å². The normalized spacial score (nSPS) is 10.1. The standard InChI is InChI=1S/C14H12N2O4S/c1-9-2-3-10(16(19)20)8-13(9)15-14(18)21-12-6-4-11(17)5-7-12/h2-8,17H,1H3,(H,15,18). The number of amides is 1. The van der Waals surface area contributed by atoms with E-state index in [-0.39, 0.29) is 16.7 Å². The minimum Gasteiger partial charge on any atom is -0.508 e. The molecule has 108 valence electrons. The molecule has 2 N–H and O–H groups in total. The number of aromatic hydroxyl groups is 1. The van der Waals surface area contributed by atoms with E-state index in [1.165, 1.54) is 24.3 Å². The molecule has 0 saturated carbocycles. The highest BCUT2D eigenvalue weighted by Gasteiger charge is 2.12. The van der Waals surface area contributed by atoms with E-state index in [2.05, 4.69) is 5.32 Å². The van der Waals surface area contributed by atoms with Crippen LogP contribution in [0.2, 0.25) is 0 Å². The Labute approximate surface area is 125 Å². The Bertz CT molecular complexity index is 686. The van der Waals surface area contributed by atoms with Crippen molar-refractivity contribution in [2.45, 2.75) is 11.8 Å². The van der Waals surface area contributed by atoms with Crippen molar-refractivity contribution in [3.05, 3.63) is 58.1 Å². The largest absolute Gasteiger partial charge is 0.508 e. The molecular formula is C14H12N2O4S. The molecule has 0 aliphatic carbocycles. The van der Waals surface area contributed by atoms with E-state index in [4.69, 9.17) is 0 Å². The van der Waals surface area contributed by atoms with Gasteiger partial charge in [0.15, 0.2) is 0 Å². The van der Waals surface area contributed by atoms with Crippen LogP contribution >= 0.6 is 11.8 Å². The maximum atomic E-state index is 11.9. The molecule has 21 heavy (non-hydrogen) atoms. The summed E-state index contributed by atoms with van der Waals surface area (Å²) in [5, 5.41) is 22.2. The van der Waals surface area contributed by atoms with E-state index in [1.807, 2.05) is 0 Å². The van der Waals surface area contributed by atoms with Gasteiger partial charge in [-0.2, -0.15) is 0 Å². The van der Waals surface area contributed by atoms with Crippen LogP contribution in [0.5, 0.6) is 5.75 Å². The van der Waals surface area contributed by atoms with Gasteiger partial charge in [-0.1, -0.05) is 6.07 Å². The van der Waals surface area contributed by atoms with Gasteiger partial charge in [0, 0.05) is 17.0 Å². The molecule has 0 unspecified atom stereocenters. The summed E-state index contributed by atoms with van der Waals surface area (Å²) in [5.41, 5.74) is 1.06. The van der Waals surface area contributed by atoms with Crippen molar-refractivity contribution in [2.75, 3.05) is 5.32 Å². The minimum atomic E-state index is -0.512. The number of non-ortho nitro benzene ring substituents is 1. The van der Waals surface area contributed by atoms with Crippen molar-refractivity contribution in [1.29, 1.82) is 0 Å². The minimum absolute atomic E-state index is 0.0782. The van der Waals surface area contributed by atoms with Crippen molar-refractivity contribution in [2.24, 2.45) is 0 Å². The number of phenolic OH excluding ortho intramolecular Hbond substituents is 1. The van der Waals surface area contributed by atoms with E-state index >= 15 is 0 Å². The number of thioether (sulfide) groups is 1. The zero-order valence-electron chi connectivity index (χ0n) is 11.1. The van der Waals surface area contributed by atoms with E-state index in [0.717, 1.165) is 17.3 Å². The van der Waals surface area contributed by atoms with Crippen LogP contribution in [0.4, 0.5) is 16.2 Å². The Morgan fingerprint density at radius 1 is 1.24 bits per heavy atom. The van der Waals surface area contributed by atoms with Gasteiger partial charge in [-0.05, 0) is 48.5 Å². The third-order valence-electron chi connectivity index (χ3n) is 2.72. The predicted molar refractivity (Wildman–Crippen MR) is 80.8 cm³/mol. The van der Waals surface area contributed by atoms with Gasteiger partial charge in [0.1, 0.15) is 5.75 Å². The Hall–Kier alpha value is -2.54. The Kier molecular flexibility index (Phi) is 4.44. The zero-order chi connectivity index (χ0) is 15.4. The fourth-order valence-corrected chi connectivity index (χ4v) is 2.26. The maximum absolute atomic E-state index is 11.9. The molecule has 0 spiro atoms. The van der Waals surface area contributed by atoms with Crippen LogP contribution in [0.15, 0.2) is 47.4 Å². The molecule has 0 bridgehead atoms. The van der Waals surface area contributed by atoms with Gasteiger partial charge in [0.05, 0.1) is 10.6 Å². The summed E-state index contributed by atoms with van der Waals surface area (Å²) in [4.78, 5) is 22.8. The molecule has 2 rings (SSSR count). The molecule has 7 heteroatoms. The van der Waals surface area contributed by atoms with Crippen molar-refractivity contribution >= 4 is 28.4 Å². The fourth-order valence-electron chi connectivity index (χ4n) is 1.61. The molecule has 0 aromatic heterocycles. The summed E-state index contributed by atoms with van der Waals surface area (Å²) < 4.78 is 0. The molecule has 0 aliphatic heterocycles. The monoisotopic (exact) mass is 304 g/mol. The lowest BCUT2D eigenvalue weighted by Crippen LogP contribution is -2.06. The van der Waals surface area contributed by atoms with E-state index in [9.17, 15) is 20.0 Å². The molecule has 2 aromatic carbocycles. The molecule has 1 amide bonds. The average molecular weight is 304 g/mol. The topological polar surface area (TPSA) is 92.5 Å². The first-order valence-corrected chi connectivity index (χ1v) is 6.80. The smallest absolute Gasteiger partial charge is 0.288 e. The first kappa shape index (κ1) is 14.9. The van der Waals surface area contributed by atoms with Crippen LogP contribution in [0, 0.1) is 17.0 Å². The number of nitrogens with one attached hydrogen (secondary N) is 1. The van der Waals surface area contributed by atoms with Crippen molar-refractivity contribution < 1.29 is 14.8 Å². The van der Waals surface area contributed by atoms with Gasteiger partial charge < -0.3 is 10.4 Å². The highest BCUT2D eigenvalue weighted by molar-refractivity contribution is 8.13. The number of hydrogen-bond acceptors (Lipinski definition) is 5. The summed E-state index contributed by atoms with van der Waals surface area (Å²) in [6, 6.07) is 10.5. The quantitative estimate of drug-likeness (QED) is 0.509. The third kappa shape index (κ3) is 3.96. The number of phenols is 1. The van der Waals surface area contributed by atoms with Gasteiger partial charge >= 0.3 is 0 Å². The molecule has 2 aromatic rings. The first-order chi connectivity index (χ1) is 9.95. The summed E-state index contributed by atoms with van der Waals surface area (Å²) in [5.74, 6) is 0.120. The van der Waals surface area contributed by atoms with Gasteiger partial charge in [0.2, 0.25) is 0 Å². The van der Waals surface area contributed by atoms with Crippen molar-refractivity contribution in [3.8, 4) is 5.75 Å². The fraction of sp³-hybridized carbons (Fsp3) is 0.0714. The number of anilines is 1. The molecule has 0 atom stereocenters. The highest BCUT2D eigenvalue weighted by Crippen LogP contribution is 2.26. The van der Waals surface area contributed by atoms with Crippen LogP contribution in [0.25, 0.3) is 0 Å². The first-order valence-electron chi connectivity index (χ1n) is 5.98. The second-order valence-corrected chi connectivity index (χ2v) is 5.31. The Balaban J connectivity index is 2.10. The average Bonchev–Trinajstić information content (AvgIpc) is 2.43. The second kappa shape index (κ2) is 6.27. The summed E-state index contributed by atoms with van der Waals surface area (Å²) >= 11 is 0.939. The second-order valence-electron chi connectivity index (χ2n) is 4.26. The van der Waals surface area contributed by atoms with Crippen LogP contribution < -0.4 is 5.32 Å². The number of carbonyl (C=O) groups excluding carboxylic acids is 1. The number of nitro groups is 1. The third-order valence-corrected chi connectivity index (χ3v) is 3.51. The molecule has 0 radical (unpaired) electrons. The van der Waals surface area contributed by atoms with Crippen LogP contribution in [-0.4, -0.2) is 15.3 Å². The number of benzene rings is 2. The highest BCUT2D eigenvalue weighted by atomic mass is 32.2. The van der Waals surface area contributed by atoms with Gasteiger partial charge in [-0.25, -0.2) is 0 Å². The number of aryl methyl sites for hydroxylation is 1. The number of hydrogen-bond donors (Lipinski definition) is 2. The molecule has 0 heterocycles. The summed E-state index contributed by atoms with van der Waals surface area (Å²) in [6.45, 7) is 1.75. The maximum Gasteiger partial charge on any atom is 0.288 e. The lowest BCUT2D eigenvalue weighted by Gasteiger charge is -2.07. The van der Waals surface area contributed by atoms with Crippen molar-refractivity contribution in [3.63, 3.8) is 0 Å². The predicted octanol–water partition coefficient (Wildman–Crippen LogP) is 3.93. The van der Waals surface area contributed by atoms with Gasteiger partial charge in [-0.3, -0.25) is 14.9 Å². The molecule has 0 aliphatic rings. The SMILES string of the molecule is Cc1ccc([N+](=O)[O-])cc1NC(=O)Sc1ccc(O)cc1. The summed E-state index contributed by atoms with van der Waals surface area (Å²) in [6.07, 6.45) is 0. The molecular weight excluding hydrogens is 292 g/mol. The van der Waals surface area contributed by atoms with E-state index in [1.54, 1.807) is 25.1 Å². The number of nitrogens with zero attached hydrogens (tertiary/aromatic N) is 1. The Morgan fingerprint density at radius 2 is 1.90 bits per heavy atom. The molecule has 0 saturated heterocycles. The van der Waals surface area contributed by atoms with Gasteiger partial charge in [-0.15, -0.1) is 0 Å². The van der Waals surface area contributed by atoms with Gasteiger partial charge in [0.25, 0.3) is 10.9 Å².